The highest BCUT2D eigenvalue weighted by molar-refractivity contribution is 9.09. The van der Waals surface area contributed by atoms with Crippen LogP contribution in [0.2, 0.25) is 0 Å². The number of anilines is 1. The van der Waals surface area contributed by atoms with Crippen LogP contribution < -0.4 is 4.90 Å². The van der Waals surface area contributed by atoms with Crippen LogP contribution in [0.5, 0.6) is 0 Å². The minimum atomic E-state index is -0.821. The number of carbonyl (C=O) groups excluding carboxylic acids is 3. The summed E-state index contributed by atoms with van der Waals surface area (Å²) in [5.41, 5.74) is 2.76. The maximum absolute atomic E-state index is 14.9. The topological polar surface area (TPSA) is 81.2 Å². The molecule has 2 bridgehead atoms. The number of benzene rings is 1. The third kappa shape index (κ3) is 5.07. The summed E-state index contributed by atoms with van der Waals surface area (Å²) in [5, 5.41) is 10.4. The predicted octanol–water partition coefficient (Wildman–Crippen LogP) is 4.34. The van der Waals surface area contributed by atoms with Crippen molar-refractivity contribution < 1.29 is 19.5 Å². The zero-order valence-electron chi connectivity index (χ0n) is 24.2. The van der Waals surface area contributed by atoms with Crippen LogP contribution in [-0.2, 0) is 14.4 Å². The van der Waals surface area contributed by atoms with E-state index < -0.39 is 28.7 Å². The number of alkyl halides is 1. The highest BCUT2D eigenvalue weighted by atomic mass is 79.9. The molecule has 1 spiro atoms. The fourth-order valence-corrected chi connectivity index (χ4v) is 10.6. The Kier molecular flexibility index (Phi) is 9.27. The Bertz CT molecular complexity index is 1190. The fourth-order valence-electron chi connectivity index (χ4n) is 6.97. The summed E-state index contributed by atoms with van der Waals surface area (Å²) in [5.74, 6) is -1.49. The molecule has 7 nitrogen and oxygen atoms in total. The first-order chi connectivity index (χ1) is 18.9. The number of likely N-dealkylation sites (N-methyl/N-ethyl adjacent to an activating group) is 1. The molecule has 1 N–H and O–H groups in total. The molecule has 1 aromatic rings. The van der Waals surface area contributed by atoms with Crippen LogP contribution in [0.3, 0.4) is 0 Å². The summed E-state index contributed by atoms with van der Waals surface area (Å²) in [6.07, 6.45) is 4.53. The third-order valence-corrected chi connectivity index (χ3v) is 11.8. The number of amides is 3. The Morgan fingerprint density at radius 3 is 2.50 bits per heavy atom. The van der Waals surface area contributed by atoms with Crippen molar-refractivity contribution in [2.24, 2.45) is 17.8 Å². The van der Waals surface area contributed by atoms with Crippen molar-refractivity contribution in [1.29, 1.82) is 0 Å². The van der Waals surface area contributed by atoms with E-state index in [-0.39, 0.29) is 46.9 Å². The summed E-state index contributed by atoms with van der Waals surface area (Å²) in [4.78, 5) is 48.2. The number of hydrogen-bond donors (Lipinski definition) is 1. The molecule has 3 saturated heterocycles. The van der Waals surface area contributed by atoms with Gasteiger partial charge in [0.25, 0.3) is 5.91 Å². The summed E-state index contributed by atoms with van der Waals surface area (Å²) in [6, 6.07) is 4.66. The molecule has 7 atom stereocenters. The lowest BCUT2D eigenvalue weighted by atomic mass is 9.70. The Hall–Kier alpha value is -2.10. The number of likely N-dealkylation sites (tertiary alicyclic amines) is 1. The first-order valence-electron chi connectivity index (χ1n) is 14.0. The highest BCUT2D eigenvalue weighted by Gasteiger charge is 2.76. The van der Waals surface area contributed by atoms with Crippen molar-refractivity contribution in [3.8, 4) is 0 Å². The van der Waals surface area contributed by atoms with E-state index >= 15 is 0 Å². The van der Waals surface area contributed by atoms with E-state index in [0.717, 1.165) is 16.8 Å². The highest BCUT2D eigenvalue weighted by Crippen LogP contribution is 2.68. The molecule has 0 radical (unpaired) electrons. The van der Waals surface area contributed by atoms with Gasteiger partial charge in [-0.05, 0) is 49.8 Å². The Morgan fingerprint density at radius 2 is 1.90 bits per heavy atom. The molecule has 9 heteroatoms. The molecule has 218 valence electrons. The Labute approximate surface area is 251 Å². The third-order valence-electron chi connectivity index (χ3n) is 8.61. The number of fused-ring (bicyclic) bond motifs is 1. The molecule has 3 aliphatic heterocycles. The lowest BCUT2D eigenvalue weighted by Crippen LogP contribution is -2.58. The van der Waals surface area contributed by atoms with Crippen LogP contribution in [-0.4, -0.2) is 86.3 Å². The molecule has 3 amide bonds. The van der Waals surface area contributed by atoms with E-state index in [1.54, 1.807) is 45.7 Å². The zero-order chi connectivity index (χ0) is 29.5. The minimum Gasteiger partial charge on any atom is -0.394 e. The molecule has 3 heterocycles. The van der Waals surface area contributed by atoms with Gasteiger partial charge in [0.15, 0.2) is 0 Å². The van der Waals surface area contributed by atoms with Crippen molar-refractivity contribution in [3.05, 3.63) is 54.6 Å². The molecule has 1 aromatic carbocycles. The number of thioether (sulfide) groups is 1. The van der Waals surface area contributed by atoms with Gasteiger partial charge in [0.2, 0.25) is 11.8 Å². The molecule has 4 rings (SSSR count). The lowest BCUT2D eigenvalue weighted by molar-refractivity contribution is -0.145. The number of nitrogens with zero attached hydrogens (tertiary/aromatic N) is 3. The second kappa shape index (κ2) is 12.0. The van der Waals surface area contributed by atoms with E-state index in [2.05, 4.69) is 29.1 Å². The smallest absolute Gasteiger partial charge is 0.251 e. The van der Waals surface area contributed by atoms with E-state index in [1.807, 2.05) is 45.9 Å². The molecule has 3 fully saturated rings. The largest absolute Gasteiger partial charge is 0.394 e. The number of hydrogen-bond acceptors (Lipinski definition) is 5. The van der Waals surface area contributed by atoms with Gasteiger partial charge in [0, 0.05) is 35.9 Å². The Morgan fingerprint density at radius 1 is 1.23 bits per heavy atom. The van der Waals surface area contributed by atoms with Crippen molar-refractivity contribution in [2.45, 2.75) is 67.4 Å². The second-order valence-electron chi connectivity index (χ2n) is 11.9. The van der Waals surface area contributed by atoms with Gasteiger partial charge in [0.1, 0.15) is 6.04 Å². The normalized spacial score (nSPS) is 29.4. The van der Waals surface area contributed by atoms with Gasteiger partial charge in [-0.25, -0.2) is 0 Å². The minimum absolute atomic E-state index is 0.0193. The standard InChI is InChI=1S/C31H42BrN3O4S/c1-8-12-33(7)28(37)24-25-29(38)35(21(17-36)14-18(3)4)27(31(25)16-22(32)26(24)40-31)30(39)34(13-9-2)23-15-19(5)10-11-20(23)6/h8-11,15,18,21-22,24-27,36H,1-2,12-14,16-17H2,3-7H3/t21-,22?,24-,25+,26-,27?,31?/m1/s1. The molecule has 0 aliphatic carbocycles. The number of aryl methyl sites for hydroxylation is 2. The van der Waals surface area contributed by atoms with Crippen LogP contribution in [0.25, 0.3) is 0 Å². The SMILES string of the molecule is C=CCN(C)C(=O)[C@H]1[C@@H]2SC3(CC2Br)C(C(=O)N(CC=C)c2cc(C)ccc2C)N([C@@H](CO)CC(C)C)C(=O)[C@H]13. The van der Waals surface area contributed by atoms with Crippen molar-refractivity contribution in [2.75, 3.05) is 31.6 Å². The van der Waals surface area contributed by atoms with Crippen molar-refractivity contribution in [3.63, 3.8) is 0 Å². The number of carbonyl (C=O) groups is 3. The summed E-state index contributed by atoms with van der Waals surface area (Å²) in [6.45, 7) is 16.2. The average molecular weight is 633 g/mol. The number of aliphatic hydroxyl groups excluding tert-OH is 1. The van der Waals surface area contributed by atoms with Crippen molar-refractivity contribution >= 4 is 51.1 Å². The van der Waals surface area contributed by atoms with Crippen LogP contribution in [0.15, 0.2) is 43.5 Å². The van der Waals surface area contributed by atoms with Crippen LogP contribution >= 0.6 is 27.7 Å². The second-order valence-corrected chi connectivity index (χ2v) is 14.6. The summed E-state index contributed by atoms with van der Waals surface area (Å²) < 4.78 is -0.788. The van der Waals surface area contributed by atoms with E-state index in [9.17, 15) is 19.5 Å². The summed E-state index contributed by atoms with van der Waals surface area (Å²) >= 11 is 5.46. The van der Waals surface area contributed by atoms with Gasteiger partial charge >= 0.3 is 0 Å². The van der Waals surface area contributed by atoms with Gasteiger partial charge in [-0.15, -0.1) is 24.9 Å². The van der Waals surface area contributed by atoms with Gasteiger partial charge < -0.3 is 19.8 Å². The maximum atomic E-state index is 14.9. The Balaban J connectivity index is 1.88. The van der Waals surface area contributed by atoms with E-state index in [0.29, 0.717) is 19.4 Å². The number of aliphatic hydroxyl groups is 1. The van der Waals surface area contributed by atoms with Crippen molar-refractivity contribution in [1.82, 2.24) is 9.80 Å². The average Bonchev–Trinajstić information content (AvgIpc) is 3.50. The number of rotatable bonds is 11. The molecule has 3 unspecified atom stereocenters. The van der Waals surface area contributed by atoms with Crippen LogP contribution in [0, 0.1) is 31.6 Å². The first-order valence-corrected chi connectivity index (χ1v) is 15.8. The first kappa shape index (κ1) is 30.8. The van der Waals surface area contributed by atoms with E-state index in [4.69, 9.17) is 0 Å². The molecule has 3 aliphatic rings. The van der Waals surface area contributed by atoms with Crippen LogP contribution in [0.1, 0.15) is 37.8 Å². The van der Waals surface area contributed by atoms with E-state index in [1.165, 1.54) is 0 Å². The zero-order valence-corrected chi connectivity index (χ0v) is 26.6. The maximum Gasteiger partial charge on any atom is 0.251 e. The van der Waals surface area contributed by atoms with Crippen LogP contribution in [0.4, 0.5) is 5.69 Å². The lowest BCUT2D eigenvalue weighted by Gasteiger charge is -2.40. The van der Waals surface area contributed by atoms with Gasteiger partial charge in [-0.2, -0.15) is 0 Å². The molecular weight excluding hydrogens is 590 g/mol. The molecule has 0 saturated carbocycles. The van der Waals surface area contributed by atoms with Gasteiger partial charge in [-0.3, -0.25) is 14.4 Å². The summed E-state index contributed by atoms with van der Waals surface area (Å²) in [7, 11) is 1.73. The fraction of sp³-hybridized carbons (Fsp3) is 0.581. The quantitative estimate of drug-likeness (QED) is 0.290. The molecule has 40 heavy (non-hydrogen) atoms. The van der Waals surface area contributed by atoms with Gasteiger partial charge in [-0.1, -0.05) is 54.1 Å². The van der Waals surface area contributed by atoms with Gasteiger partial charge in [0.05, 0.1) is 29.2 Å². The predicted molar refractivity (Wildman–Crippen MR) is 166 cm³/mol. The monoisotopic (exact) mass is 631 g/mol. The molecule has 0 aromatic heterocycles. The number of halogens is 1. The molecular formula is C31H42BrN3O4S.